The van der Waals surface area contributed by atoms with Crippen molar-refractivity contribution >= 4 is 6.03 Å². The lowest BCUT2D eigenvalue weighted by Crippen LogP contribution is -2.39. The molecule has 2 amide bonds. The molecular weight excluding hydrogens is 188 g/mol. The van der Waals surface area contributed by atoms with Crippen molar-refractivity contribution in [2.75, 3.05) is 13.1 Å². The van der Waals surface area contributed by atoms with Gasteiger partial charge in [0, 0.05) is 13.1 Å². The first-order valence-corrected chi connectivity index (χ1v) is 6.34. The molecule has 0 spiro atoms. The molecule has 1 aliphatic rings. The minimum Gasteiger partial charge on any atom is -0.338 e. The second-order valence-electron chi connectivity index (χ2n) is 4.49. The fourth-order valence-corrected chi connectivity index (χ4v) is 2.07. The lowest BCUT2D eigenvalue weighted by Gasteiger charge is -2.21. The fourth-order valence-electron chi connectivity index (χ4n) is 2.07. The van der Waals surface area contributed by atoms with Crippen molar-refractivity contribution in [2.45, 2.75) is 51.9 Å². The van der Waals surface area contributed by atoms with Gasteiger partial charge in [-0.25, -0.2) is 4.79 Å². The number of hydrogen-bond acceptors (Lipinski definition) is 1. The zero-order chi connectivity index (χ0) is 10.9. The number of carbonyl (C=O) groups excluding carboxylic acids is 1. The second-order valence-corrected chi connectivity index (χ2v) is 4.49. The zero-order valence-corrected chi connectivity index (χ0v) is 9.85. The number of hydrogen-bond donors (Lipinski definition) is 2. The molecule has 1 saturated carbocycles. The topological polar surface area (TPSA) is 41.1 Å². The Morgan fingerprint density at radius 2 is 1.93 bits per heavy atom. The Kier molecular flexibility index (Phi) is 6.21. The third-order valence-corrected chi connectivity index (χ3v) is 3.09. The fraction of sp³-hybridized carbons (Fsp3) is 0.917. The van der Waals surface area contributed by atoms with Crippen molar-refractivity contribution in [2.24, 2.45) is 5.92 Å². The predicted molar refractivity (Wildman–Crippen MR) is 62.9 cm³/mol. The molecule has 0 aromatic rings. The standard InChI is InChI=1S/C12H24N2O/c1-2-3-9-13-12(15)14-10-11-7-5-4-6-8-11/h11H,2-10H2,1H3,(H2,13,14,15). The quantitative estimate of drug-likeness (QED) is 0.676. The first-order valence-electron chi connectivity index (χ1n) is 6.34. The molecular formula is C12H24N2O. The van der Waals surface area contributed by atoms with Gasteiger partial charge < -0.3 is 10.6 Å². The molecule has 1 aliphatic carbocycles. The number of amides is 2. The lowest BCUT2D eigenvalue weighted by atomic mass is 9.89. The van der Waals surface area contributed by atoms with Crippen LogP contribution in [0.2, 0.25) is 0 Å². The van der Waals surface area contributed by atoms with Crippen LogP contribution in [-0.4, -0.2) is 19.1 Å². The molecule has 0 unspecified atom stereocenters. The first-order chi connectivity index (χ1) is 7.33. The number of rotatable bonds is 5. The van der Waals surface area contributed by atoms with Crippen LogP contribution in [0.5, 0.6) is 0 Å². The number of carbonyl (C=O) groups is 1. The van der Waals surface area contributed by atoms with Crippen LogP contribution >= 0.6 is 0 Å². The molecule has 0 heterocycles. The van der Waals surface area contributed by atoms with Crippen molar-refractivity contribution < 1.29 is 4.79 Å². The summed E-state index contributed by atoms with van der Waals surface area (Å²) in [6.07, 6.45) is 8.82. The highest BCUT2D eigenvalue weighted by molar-refractivity contribution is 5.73. The van der Waals surface area contributed by atoms with Gasteiger partial charge in [0.25, 0.3) is 0 Å². The highest BCUT2D eigenvalue weighted by Crippen LogP contribution is 2.22. The van der Waals surface area contributed by atoms with Crippen LogP contribution < -0.4 is 10.6 Å². The Bertz CT molecular complexity index is 176. The van der Waals surface area contributed by atoms with Crippen LogP contribution in [0, 0.1) is 5.92 Å². The summed E-state index contributed by atoms with van der Waals surface area (Å²) < 4.78 is 0. The average molecular weight is 212 g/mol. The average Bonchev–Trinajstić information content (AvgIpc) is 2.28. The Morgan fingerprint density at radius 3 is 2.60 bits per heavy atom. The summed E-state index contributed by atoms with van der Waals surface area (Å²) in [7, 11) is 0. The largest absolute Gasteiger partial charge is 0.338 e. The summed E-state index contributed by atoms with van der Waals surface area (Å²) in [6.45, 7) is 3.78. The van der Waals surface area contributed by atoms with Crippen molar-refractivity contribution in [1.29, 1.82) is 0 Å². The second kappa shape index (κ2) is 7.55. The summed E-state index contributed by atoms with van der Waals surface area (Å²) in [4.78, 5) is 11.3. The maximum atomic E-state index is 11.3. The van der Waals surface area contributed by atoms with E-state index in [0.29, 0.717) is 0 Å². The van der Waals surface area contributed by atoms with Gasteiger partial charge in [0.1, 0.15) is 0 Å². The minimum absolute atomic E-state index is 0.00836. The van der Waals surface area contributed by atoms with Crippen molar-refractivity contribution in [3.8, 4) is 0 Å². The van der Waals surface area contributed by atoms with E-state index in [1.807, 2.05) is 0 Å². The molecule has 0 saturated heterocycles. The minimum atomic E-state index is 0.00836. The zero-order valence-electron chi connectivity index (χ0n) is 9.85. The van der Waals surface area contributed by atoms with E-state index in [0.717, 1.165) is 31.8 Å². The highest BCUT2D eigenvalue weighted by Gasteiger charge is 2.13. The van der Waals surface area contributed by atoms with E-state index in [-0.39, 0.29) is 6.03 Å². The van der Waals surface area contributed by atoms with E-state index in [2.05, 4.69) is 17.6 Å². The van der Waals surface area contributed by atoms with Crippen LogP contribution in [0.25, 0.3) is 0 Å². The van der Waals surface area contributed by atoms with Crippen LogP contribution in [0.1, 0.15) is 51.9 Å². The van der Waals surface area contributed by atoms with E-state index in [1.165, 1.54) is 32.1 Å². The van der Waals surface area contributed by atoms with Crippen molar-refractivity contribution in [3.63, 3.8) is 0 Å². The summed E-state index contributed by atoms with van der Waals surface area (Å²) in [5.41, 5.74) is 0. The normalized spacial score (nSPS) is 17.4. The Morgan fingerprint density at radius 1 is 1.20 bits per heavy atom. The third-order valence-electron chi connectivity index (χ3n) is 3.09. The monoisotopic (exact) mass is 212 g/mol. The summed E-state index contributed by atoms with van der Waals surface area (Å²) in [5.74, 6) is 0.718. The van der Waals surface area contributed by atoms with Crippen LogP contribution in [-0.2, 0) is 0 Å². The number of unbranched alkanes of at least 4 members (excludes halogenated alkanes) is 1. The van der Waals surface area contributed by atoms with Gasteiger partial charge in [0.05, 0.1) is 0 Å². The molecule has 88 valence electrons. The van der Waals surface area contributed by atoms with Gasteiger partial charge in [-0.2, -0.15) is 0 Å². The van der Waals surface area contributed by atoms with E-state index in [9.17, 15) is 4.79 Å². The summed E-state index contributed by atoms with van der Waals surface area (Å²) >= 11 is 0. The molecule has 0 bridgehead atoms. The van der Waals surface area contributed by atoms with Gasteiger partial charge in [-0.3, -0.25) is 0 Å². The molecule has 2 N–H and O–H groups in total. The van der Waals surface area contributed by atoms with Crippen LogP contribution in [0.15, 0.2) is 0 Å². The predicted octanol–water partition coefficient (Wildman–Crippen LogP) is 2.67. The van der Waals surface area contributed by atoms with Crippen molar-refractivity contribution in [3.05, 3.63) is 0 Å². The van der Waals surface area contributed by atoms with E-state index in [4.69, 9.17) is 0 Å². The van der Waals surface area contributed by atoms with Gasteiger partial charge >= 0.3 is 6.03 Å². The molecule has 3 nitrogen and oxygen atoms in total. The van der Waals surface area contributed by atoms with E-state index in [1.54, 1.807) is 0 Å². The number of nitrogens with one attached hydrogen (secondary N) is 2. The van der Waals surface area contributed by atoms with Gasteiger partial charge in [0.2, 0.25) is 0 Å². The molecule has 0 atom stereocenters. The lowest BCUT2D eigenvalue weighted by molar-refractivity contribution is 0.236. The van der Waals surface area contributed by atoms with Gasteiger partial charge in [0.15, 0.2) is 0 Å². The maximum Gasteiger partial charge on any atom is 0.314 e. The van der Waals surface area contributed by atoms with Crippen molar-refractivity contribution in [1.82, 2.24) is 10.6 Å². The molecule has 0 aromatic carbocycles. The summed E-state index contributed by atoms with van der Waals surface area (Å²) in [5, 5.41) is 5.83. The van der Waals surface area contributed by atoms with Crippen LogP contribution in [0.4, 0.5) is 4.79 Å². The highest BCUT2D eigenvalue weighted by atomic mass is 16.2. The van der Waals surface area contributed by atoms with Gasteiger partial charge in [-0.05, 0) is 25.2 Å². The smallest absolute Gasteiger partial charge is 0.314 e. The van der Waals surface area contributed by atoms with E-state index < -0.39 is 0 Å². The van der Waals surface area contributed by atoms with Gasteiger partial charge in [-0.1, -0.05) is 32.6 Å². The summed E-state index contributed by atoms with van der Waals surface area (Å²) in [6, 6.07) is 0.00836. The maximum absolute atomic E-state index is 11.3. The first kappa shape index (κ1) is 12.3. The molecule has 1 fully saturated rings. The van der Waals surface area contributed by atoms with Crippen LogP contribution in [0.3, 0.4) is 0 Å². The van der Waals surface area contributed by atoms with Gasteiger partial charge in [-0.15, -0.1) is 0 Å². The SMILES string of the molecule is CCCCNC(=O)NCC1CCCCC1. The Hall–Kier alpha value is -0.730. The third kappa shape index (κ3) is 5.65. The Labute approximate surface area is 93.0 Å². The number of urea groups is 1. The Balaban J connectivity index is 2.00. The molecule has 3 heteroatoms. The molecule has 0 aliphatic heterocycles. The molecule has 1 rings (SSSR count). The molecule has 0 aromatic heterocycles. The molecule has 15 heavy (non-hydrogen) atoms. The van der Waals surface area contributed by atoms with E-state index >= 15 is 0 Å². The molecule has 0 radical (unpaired) electrons.